The van der Waals surface area contributed by atoms with E-state index in [0.29, 0.717) is 19.6 Å². The van der Waals surface area contributed by atoms with Crippen molar-refractivity contribution in [1.29, 1.82) is 0 Å². The molecule has 1 atom stereocenters. The summed E-state index contributed by atoms with van der Waals surface area (Å²) in [5.41, 5.74) is 1.06. The van der Waals surface area contributed by atoms with Gasteiger partial charge in [-0.05, 0) is 24.1 Å². The Morgan fingerprint density at radius 2 is 2.18 bits per heavy atom. The van der Waals surface area contributed by atoms with E-state index in [4.69, 9.17) is 14.6 Å². The van der Waals surface area contributed by atoms with Crippen molar-refractivity contribution in [3.05, 3.63) is 29.8 Å². The molecule has 92 valence electrons. The van der Waals surface area contributed by atoms with Crippen LogP contribution < -0.4 is 10.1 Å². The zero-order valence-electron chi connectivity index (χ0n) is 9.39. The molecule has 0 saturated carbocycles. The van der Waals surface area contributed by atoms with Crippen LogP contribution in [0.1, 0.15) is 5.56 Å². The zero-order valence-corrected chi connectivity index (χ0v) is 9.39. The second-order valence-electron chi connectivity index (χ2n) is 3.84. The molecule has 17 heavy (non-hydrogen) atoms. The van der Waals surface area contributed by atoms with Crippen molar-refractivity contribution in [1.82, 2.24) is 5.32 Å². The van der Waals surface area contributed by atoms with Crippen LogP contribution in [0.3, 0.4) is 0 Å². The first kappa shape index (κ1) is 11.7. The Morgan fingerprint density at radius 1 is 1.41 bits per heavy atom. The first-order chi connectivity index (χ1) is 8.28. The summed E-state index contributed by atoms with van der Waals surface area (Å²) in [7, 11) is 0. The van der Waals surface area contributed by atoms with Gasteiger partial charge in [-0.25, -0.2) is 4.79 Å². The average Bonchev–Trinajstić information content (AvgIpc) is 2.75. The van der Waals surface area contributed by atoms with Gasteiger partial charge in [0.25, 0.3) is 0 Å². The predicted molar refractivity (Wildman–Crippen MR) is 61.0 cm³/mol. The van der Waals surface area contributed by atoms with Crippen LogP contribution in [-0.2, 0) is 11.2 Å². The smallest absolute Gasteiger partial charge is 0.407 e. The standard InChI is InChI=1S/C12H15NO4/c14-6-5-9-1-3-10(4-2-9)16-8-11-7-13-12(15)17-11/h1-4,11,14H,5-8H2,(H,13,15). The number of rotatable bonds is 5. The molecule has 1 fully saturated rings. The number of carbonyl (C=O) groups excluding carboxylic acids is 1. The van der Waals surface area contributed by atoms with Gasteiger partial charge >= 0.3 is 6.09 Å². The van der Waals surface area contributed by atoms with Gasteiger partial charge < -0.3 is 19.9 Å². The highest BCUT2D eigenvalue weighted by Crippen LogP contribution is 2.13. The van der Waals surface area contributed by atoms with E-state index in [1.807, 2.05) is 24.3 Å². The monoisotopic (exact) mass is 237 g/mol. The van der Waals surface area contributed by atoms with E-state index in [-0.39, 0.29) is 12.7 Å². The van der Waals surface area contributed by atoms with Crippen molar-refractivity contribution in [3.63, 3.8) is 0 Å². The second kappa shape index (κ2) is 5.54. The number of carbonyl (C=O) groups is 1. The van der Waals surface area contributed by atoms with Gasteiger partial charge in [0.2, 0.25) is 0 Å². The largest absolute Gasteiger partial charge is 0.490 e. The molecule has 1 heterocycles. The average molecular weight is 237 g/mol. The number of benzene rings is 1. The molecular weight excluding hydrogens is 222 g/mol. The third kappa shape index (κ3) is 3.35. The zero-order chi connectivity index (χ0) is 12.1. The quantitative estimate of drug-likeness (QED) is 0.791. The molecule has 1 amide bonds. The maximum absolute atomic E-state index is 10.8. The summed E-state index contributed by atoms with van der Waals surface area (Å²) in [5.74, 6) is 0.731. The van der Waals surface area contributed by atoms with Crippen LogP contribution in [-0.4, -0.2) is 37.1 Å². The molecule has 1 unspecified atom stereocenters. The van der Waals surface area contributed by atoms with Gasteiger partial charge in [0.15, 0.2) is 6.10 Å². The molecule has 0 spiro atoms. The minimum Gasteiger partial charge on any atom is -0.490 e. The highest BCUT2D eigenvalue weighted by Gasteiger charge is 2.22. The summed E-state index contributed by atoms with van der Waals surface area (Å²) < 4.78 is 10.4. The normalized spacial score (nSPS) is 18.6. The third-order valence-electron chi connectivity index (χ3n) is 2.51. The molecule has 2 rings (SSSR count). The van der Waals surface area contributed by atoms with Gasteiger partial charge in [-0.2, -0.15) is 0 Å². The SMILES string of the molecule is O=C1NCC(COc2ccc(CCO)cc2)O1. The molecule has 2 N–H and O–H groups in total. The number of hydrogen-bond donors (Lipinski definition) is 2. The number of aliphatic hydroxyl groups excluding tert-OH is 1. The van der Waals surface area contributed by atoms with Gasteiger partial charge in [0.05, 0.1) is 6.54 Å². The van der Waals surface area contributed by atoms with Gasteiger partial charge in [0.1, 0.15) is 12.4 Å². The molecule has 5 heteroatoms. The Morgan fingerprint density at radius 3 is 2.76 bits per heavy atom. The number of aliphatic hydroxyl groups is 1. The van der Waals surface area contributed by atoms with Gasteiger partial charge in [-0.3, -0.25) is 0 Å². The molecular formula is C12H15NO4. The summed E-state index contributed by atoms with van der Waals surface area (Å²) in [5, 5.41) is 11.3. The lowest BCUT2D eigenvalue weighted by Gasteiger charge is -2.10. The van der Waals surface area contributed by atoms with Crippen LogP contribution in [0.25, 0.3) is 0 Å². The molecule has 5 nitrogen and oxygen atoms in total. The van der Waals surface area contributed by atoms with E-state index in [9.17, 15) is 4.79 Å². The van der Waals surface area contributed by atoms with Crippen molar-refractivity contribution in [2.24, 2.45) is 0 Å². The first-order valence-electron chi connectivity index (χ1n) is 5.55. The van der Waals surface area contributed by atoms with Gasteiger partial charge in [0, 0.05) is 6.61 Å². The lowest BCUT2D eigenvalue weighted by molar-refractivity contribution is 0.105. The summed E-state index contributed by atoms with van der Waals surface area (Å²) in [6.45, 7) is 0.976. The fourth-order valence-corrected chi connectivity index (χ4v) is 1.60. The molecule has 1 saturated heterocycles. The van der Waals surface area contributed by atoms with E-state index < -0.39 is 6.09 Å². The minimum atomic E-state index is -0.392. The molecule has 1 aliphatic heterocycles. The molecule has 0 bridgehead atoms. The number of amides is 1. The van der Waals surface area contributed by atoms with E-state index in [2.05, 4.69) is 5.32 Å². The highest BCUT2D eigenvalue weighted by atomic mass is 16.6. The molecule has 0 aromatic heterocycles. The van der Waals surface area contributed by atoms with Crippen LogP contribution in [0.2, 0.25) is 0 Å². The second-order valence-corrected chi connectivity index (χ2v) is 3.84. The highest BCUT2D eigenvalue weighted by molar-refractivity contribution is 5.69. The van der Waals surface area contributed by atoms with E-state index in [1.54, 1.807) is 0 Å². The Kier molecular flexibility index (Phi) is 3.82. The fraction of sp³-hybridized carbons (Fsp3) is 0.417. The lowest BCUT2D eigenvalue weighted by atomic mass is 10.1. The summed E-state index contributed by atoms with van der Waals surface area (Å²) in [6, 6.07) is 7.50. The maximum atomic E-state index is 10.8. The lowest BCUT2D eigenvalue weighted by Crippen LogP contribution is -2.21. The molecule has 1 aliphatic rings. The van der Waals surface area contributed by atoms with E-state index in [0.717, 1.165) is 11.3 Å². The van der Waals surface area contributed by atoms with Crippen molar-refractivity contribution in [2.75, 3.05) is 19.8 Å². The summed E-state index contributed by atoms with van der Waals surface area (Å²) in [4.78, 5) is 10.8. The van der Waals surface area contributed by atoms with Crippen LogP contribution in [0.4, 0.5) is 4.79 Å². The number of hydrogen-bond acceptors (Lipinski definition) is 4. The van der Waals surface area contributed by atoms with Crippen molar-refractivity contribution < 1.29 is 19.4 Å². The summed E-state index contributed by atoms with van der Waals surface area (Å²) >= 11 is 0. The van der Waals surface area contributed by atoms with Crippen molar-refractivity contribution >= 4 is 6.09 Å². The Balaban J connectivity index is 1.80. The number of ether oxygens (including phenoxy) is 2. The predicted octanol–water partition coefficient (Wildman–Crippen LogP) is 0.709. The topological polar surface area (TPSA) is 67.8 Å². The van der Waals surface area contributed by atoms with Crippen LogP contribution >= 0.6 is 0 Å². The Hall–Kier alpha value is -1.75. The van der Waals surface area contributed by atoms with Crippen LogP contribution in [0.15, 0.2) is 24.3 Å². The molecule has 0 aliphatic carbocycles. The van der Waals surface area contributed by atoms with Crippen molar-refractivity contribution in [2.45, 2.75) is 12.5 Å². The molecule has 1 aromatic rings. The minimum absolute atomic E-state index is 0.143. The first-order valence-corrected chi connectivity index (χ1v) is 5.55. The van der Waals surface area contributed by atoms with E-state index in [1.165, 1.54) is 0 Å². The number of nitrogens with one attached hydrogen (secondary N) is 1. The maximum Gasteiger partial charge on any atom is 0.407 e. The van der Waals surface area contributed by atoms with Gasteiger partial charge in [-0.1, -0.05) is 12.1 Å². The Bertz CT molecular complexity index is 377. The molecule has 1 aromatic carbocycles. The number of alkyl carbamates (subject to hydrolysis) is 1. The van der Waals surface area contributed by atoms with Gasteiger partial charge in [-0.15, -0.1) is 0 Å². The third-order valence-corrected chi connectivity index (χ3v) is 2.51. The number of cyclic esters (lactones) is 1. The van der Waals surface area contributed by atoms with E-state index >= 15 is 0 Å². The summed E-state index contributed by atoms with van der Waals surface area (Å²) in [6.07, 6.45) is 0.0290. The van der Waals surface area contributed by atoms with Crippen molar-refractivity contribution in [3.8, 4) is 5.75 Å². The Labute approximate surface area is 99.3 Å². The fourth-order valence-electron chi connectivity index (χ4n) is 1.60. The molecule has 0 radical (unpaired) electrons. The van der Waals surface area contributed by atoms with Crippen LogP contribution in [0, 0.1) is 0 Å². The van der Waals surface area contributed by atoms with Crippen LogP contribution in [0.5, 0.6) is 5.75 Å².